The van der Waals surface area contributed by atoms with Gasteiger partial charge in [-0.25, -0.2) is 0 Å². The maximum atomic E-state index is 14.5. The van der Waals surface area contributed by atoms with Crippen LogP contribution in [-0.4, -0.2) is 70.1 Å². The van der Waals surface area contributed by atoms with E-state index in [1.54, 1.807) is 0 Å². The number of ketones is 1. The SMILES string of the molecule is CC1=CCC[C@@]2(C)[C@@H](CC[C@@]2(O)CN(C[C@@H](O)COCc2ccccc2)C[C@@H]2CC[C@H]3C[C@@H]2C3(C)C)c2ccc(cc2C(=O)C2CCCCC2)C[C@@H](O)CC1. The number of nitrogens with zero attached hydrogens (tertiary/aromatic N) is 1. The molecule has 302 valence electrons. The van der Waals surface area contributed by atoms with E-state index in [1.807, 2.05) is 18.2 Å². The average molecular weight is 754 g/mol. The lowest BCUT2D eigenvalue weighted by molar-refractivity contribution is -0.127. The van der Waals surface area contributed by atoms with Gasteiger partial charge in [0.15, 0.2) is 5.78 Å². The quantitative estimate of drug-likeness (QED) is 0.148. The van der Waals surface area contributed by atoms with Crippen LogP contribution in [0.25, 0.3) is 0 Å². The third kappa shape index (κ3) is 8.89. The van der Waals surface area contributed by atoms with Crippen LogP contribution < -0.4 is 0 Å². The van der Waals surface area contributed by atoms with Gasteiger partial charge in [-0.2, -0.15) is 0 Å². The van der Waals surface area contributed by atoms with Crippen LogP contribution in [-0.2, 0) is 17.8 Å². The van der Waals surface area contributed by atoms with Crippen molar-refractivity contribution in [1.29, 1.82) is 0 Å². The lowest BCUT2D eigenvalue weighted by Crippen LogP contribution is -2.58. The number of Topliss-reactive ketones (excluding diaryl/α,β-unsaturated/α-hetero) is 1. The summed E-state index contributed by atoms with van der Waals surface area (Å²) in [7, 11) is 0. The highest BCUT2D eigenvalue weighted by atomic mass is 16.5. The molecule has 0 amide bonds. The van der Waals surface area contributed by atoms with Crippen molar-refractivity contribution in [2.45, 2.75) is 154 Å². The largest absolute Gasteiger partial charge is 0.393 e. The number of ether oxygens (including phenoxy) is 1. The third-order valence-electron chi connectivity index (χ3n) is 15.8. The van der Waals surface area contributed by atoms with Crippen molar-refractivity contribution < 1.29 is 24.9 Å². The van der Waals surface area contributed by atoms with E-state index in [2.05, 4.69) is 69.0 Å². The Bertz CT molecular complexity index is 1630. The maximum Gasteiger partial charge on any atom is 0.166 e. The van der Waals surface area contributed by atoms with Gasteiger partial charge < -0.3 is 20.1 Å². The van der Waals surface area contributed by atoms with Gasteiger partial charge >= 0.3 is 0 Å². The van der Waals surface area contributed by atoms with Crippen LogP contribution >= 0.6 is 0 Å². The minimum Gasteiger partial charge on any atom is -0.393 e. The molecule has 5 saturated carbocycles. The van der Waals surface area contributed by atoms with Gasteiger partial charge in [0.25, 0.3) is 0 Å². The Labute approximate surface area is 332 Å². The fourth-order valence-corrected chi connectivity index (χ4v) is 12.1. The van der Waals surface area contributed by atoms with E-state index >= 15 is 0 Å². The number of aliphatic hydroxyl groups excluding tert-OH is 2. The molecule has 9 rings (SSSR count). The molecule has 8 atom stereocenters. The summed E-state index contributed by atoms with van der Waals surface area (Å²) in [6, 6.07) is 16.6. The molecule has 0 saturated heterocycles. The van der Waals surface area contributed by atoms with Crippen LogP contribution in [0, 0.1) is 34.5 Å². The fourth-order valence-electron chi connectivity index (χ4n) is 12.1. The molecule has 0 radical (unpaired) electrons. The van der Waals surface area contributed by atoms with Gasteiger partial charge in [-0.1, -0.05) is 94.1 Å². The highest BCUT2D eigenvalue weighted by Gasteiger charge is 2.58. The molecule has 7 aliphatic carbocycles. The molecule has 3 N–H and O–H groups in total. The number of rotatable bonds is 12. The monoisotopic (exact) mass is 754 g/mol. The smallest absolute Gasteiger partial charge is 0.166 e. The number of fused-ring (bicyclic) bond motifs is 10. The number of allylic oxidation sites excluding steroid dienone is 2. The molecule has 0 heterocycles. The van der Waals surface area contributed by atoms with E-state index in [0.717, 1.165) is 86.1 Å². The Kier molecular flexibility index (Phi) is 12.8. The molecule has 0 aromatic heterocycles. The Morgan fingerprint density at radius 3 is 2.49 bits per heavy atom. The summed E-state index contributed by atoms with van der Waals surface area (Å²) in [5.74, 6) is 2.39. The molecular formula is C49H71NO5. The molecule has 4 bridgehead atoms. The second-order valence-corrected chi connectivity index (χ2v) is 19.7. The topological polar surface area (TPSA) is 90.2 Å². The number of carbonyl (C=O) groups excluding carboxylic acids is 1. The zero-order valence-corrected chi connectivity index (χ0v) is 34.5. The number of aliphatic hydroxyl groups is 3. The summed E-state index contributed by atoms with van der Waals surface area (Å²) in [6.45, 7) is 11.9. The van der Waals surface area contributed by atoms with Crippen molar-refractivity contribution in [3.8, 4) is 0 Å². The molecule has 0 unspecified atom stereocenters. The molecular weight excluding hydrogens is 683 g/mol. The zero-order valence-electron chi connectivity index (χ0n) is 34.5. The van der Waals surface area contributed by atoms with Gasteiger partial charge in [-0.3, -0.25) is 9.69 Å². The molecule has 6 heteroatoms. The van der Waals surface area contributed by atoms with Crippen LogP contribution in [0.2, 0.25) is 0 Å². The summed E-state index contributed by atoms with van der Waals surface area (Å²) in [6.07, 6.45) is 15.6. The van der Waals surface area contributed by atoms with Crippen molar-refractivity contribution in [1.82, 2.24) is 4.90 Å². The standard InChI is InChI=1S/C49H71NO5/c1-34-12-11-24-48(4)44(42-22-18-36(26-40(51)21-17-34)27-43(42)46(53)37-15-9-6-10-16-37)23-25-49(48,54)33-50(29-38-19-20-39-28-45(38)47(39,2)3)30-41(52)32-55-31-35-13-7-5-8-14-35/h5,7-8,12-14,18,22,27,37-41,44-45,51-52,54H,6,9-11,15-17,19-21,23-26,28-33H2,1-4H3/t38-,39-,40-,41+,44-,45-,48-,49+/m0/s1. The predicted octanol–water partition coefficient (Wildman–Crippen LogP) is 9.44. The van der Waals surface area contributed by atoms with E-state index in [0.29, 0.717) is 56.2 Å². The molecule has 5 fully saturated rings. The highest BCUT2D eigenvalue weighted by molar-refractivity contribution is 5.99. The summed E-state index contributed by atoms with van der Waals surface area (Å²) in [5.41, 5.74) is 4.22. The summed E-state index contributed by atoms with van der Waals surface area (Å²) < 4.78 is 6.05. The maximum absolute atomic E-state index is 14.5. The third-order valence-corrected chi connectivity index (χ3v) is 15.8. The Morgan fingerprint density at radius 1 is 0.964 bits per heavy atom. The van der Waals surface area contributed by atoms with Crippen LogP contribution in [0.4, 0.5) is 0 Å². The van der Waals surface area contributed by atoms with Gasteiger partial charge in [-0.15, -0.1) is 0 Å². The van der Waals surface area contributed by atoms with Crippen LogP contribution in [0.5, 0.6) is 0 Å². The Hall–Kier alpha value is -2.35. The number of benzene rings is 2. The van der Waals surface area contributed by atoms with Gasteiger partial charge in [0, 0.05) is 36.5 Å². The first-order valence-corrected chi connectivity index (χ1v) is 22.1. The van der Waals surface area contributed by atoms with Gasteiger partial charge in [0.1, 0.15) is 0 Å². The normalized spacial score (nSPS) is 33.0. The Balaban J connectivity index is 1.19. The molecule has 2 aromatic rings. The summed E-state index contributed by atoms with van der Waals surface area (Å²) in [5, 5.41) is 35.9. The average Bonchev–Trinajstić information content (AvgIpc) is 3.42. The molecule has 2 aromatic carbocycles. The second kappa shape index (κ2) is 17.2. The first-order valence-electron chi connectivity index (χ1n) is 22.1. The van der Waals surface area contributed by atoms with Crippen molar-refractivity contribution in [3.63, 3.8) is 0 Å². The first-order chi connectivity index (χ1) is 26.4. The lowest BCUT2D eigenvalue weighted by atomic mass is 9.45. The van der Waals surface area contributed by atoms with E-state index in [9.17, 15) is 20.1 Å². The number of hydrogen-bond donors (Lipinski definition) is 3. The van der Waals surface area contributed by atoms with E-state index in [1.165, 1.54) is 31.3 Å². The molecule has 55 heavy (non-hydrogen) atoms. The molecule has 7 aliphatic rings. The van der Waals surface area contributed by atoms with Crippen LogP contribution in [0.3, 0.4) is 0 Å². The molecule has 0 spiro atoms. The number of hydrogen-bond acceptors (Lipinski definition) is 6. The summed E-state index contributed by atoms with van der Waals surface area (Å²) >= 11 is 0. The lowest BCUT2D eigenvalue weighted by Gasteiger charge is -2.61. The first kappa shape index (κ1) is 40.8. The fraction of sp³-hybridized carbons (Fsp3) is 0.694. The predicted molar refractivity (Wildman–Crippen MR) is 221 cm³/mol. The van der Waals surface area contributed by atoms with Crippen molar-refractivity contribution >= 4 is 5.78 Å². The second-order valence-electron chi connectivity index (χ2n) is 19.7. The van der Waals surface area contributed by atoms with E-state index < -0.39 is 23.2 Å². The summed E-state index contributed by atoms with van der Waals surface area (Å²) in [4.78, 5) is 16.9. The van der Waals surface area contributed by atoms with Crippen molar-refractivity contribution in [2.75, 3.05) is 26.2 Å². The minimum absolute atomic E-state index is 0.0256. The minimum atomic E-state index is -1.01. The van der Waals surface area contributed by atoms with Crippen molar-refractivity contribution in [3.05, 3.63) is 82.4 Å². The van der Waals surface area contributed by atoms with Crippen LogP contribution in [0.15, 0.2) is 60.2 Å². The van der Waals surface area contributed by atoms with Gasteiger partial charge in [0.05, 0.1) is 31.0 Å². The highest BCUT2D eigenvalue weighted by Crippen LogP contribution is 2.62. The van der Waals surface area contributed by atoms with Crippen LogP contribution in [0.1, 0.15) is 151 Å². The Morgan fingerprint density at radius 2 is 1.75 bits per heavy atom. The van der Waals surface area contributed by atoms with Gasteiger partial charge in [-0.05, 0) is 136 Å². The van der Waals surface area contributed by atoms with E-state index in [-0.39, 0.29) is 24.2 Å². The zero-order chi connectivity index (χ0) is 38.8. The number of carbonyl (C=O) groups is 1. The molecule has 0 aliphatic heterocycles. The van der Waals surface area contributed by atoms with E-state index in [4.69, 9.17) is 4.74 Å². The molecule has 6 nitrogen and oxygen atoms in total. The van der Waals surface area contributed by atoms with Gasteiger partial charge in [0.2, 0.25) is 0 Å². The van der Waals surface area contributed by atoms with Crippen molar-refractivity contribution in [2.24, 2.45) is 34.5 Å².